The molecule has 0 amide bonds. The Kier molecular flexibility index (Phi) is 4.37. The van der Waals surface area contributed by atoms with Crippen molar-refractivity contribution in [2.45, 2.75) is 38.7 Å². The number of ether oxygens (including phenoxy) is 1. The molecule has 1 aromatic carbocycles. The summed E-state index contributed by atoms with van der Waals surface area (Å²) < 4.78 is 5.64. The van der Waals surface area contributed by atoms with E-state index in [1.54, 1.807) is 0 Å². The molecule has 0 aromatic heterocycles. The molecule has 1 saturated carbocycles. The van der Waals surface area contributed by atoms with Crippen LogP contribution in [0.4, 0.5) is 0 Å². The Labute approximate surface area is 108 Å². The van der Waals surface area contributed by atoms with Gasteiger partial charge in [0.25, 0.3) is 0 Å². The molecule has 98 valence electrons. The molecule has 3 heteroatoms. The molecule has 3 nitrogen and oxygen atoms in total. The Hall–Kier alpha value is -1.35. The summed E-state index contributed by atoms with van der Waals surface area (Å²) in [5, 5.41) is 9.41. The molecule has 0 spiro atoms. The number of benzene rings is 1. The first-order chi connectivity index (χ1) is 8.73. The predicted molar refractivity (Wildman–Crippen MR) is 69.3 cm³/mol. The van der Waals surface area contributed by atoms with E-state index in [9.17, 15) is 9.90 Å². The molecule has 1 N–H and O–H groups in total. The number of carboxylic acid groups (broad SMARTS) is 1. The van der Waals surface area contributed by atoms with Crippen molar-refractivity contribution in [3.63, 3.8) is 0 Å². The van der Waals surface area contributed by atoms with Crippen LogP contribution in [-0.2, 0) is 16.1 Å². The third-order valence-corrected chi connectivity index (χ3v) is 3.75. The molecule has 18 heavy (non-hydrogen) atoms. The standard InChI is InChI=1S/C15H20O3/c16-14(17)15(9-5-2-6-10-15)12-18-11-13-7-3-1-4-8-13/h1,3-4,7-8H,2,5-6,9-12H2,(H,16,17). The highest BCUT2D eigenvalue weighted by Crippen LogP contribution is 2.37. The van der Waals surface area contributed by atoms with Gasteiger partial charge in [-0.25, -0.2) is 0 Å². The summed E-state index contributed by atoms with van der Waals surface area (Å²) in [5.74, 6) is -0.699. The van der Waals surface area contributed by atoms with Gasteiger partial charge in [0, 0.05) is 0 Å². The molecule has 1 fully saturated rings. The van der Waals surface area contributed by atoms with E-state index in [-0.39, 0.29) is 0 Å². The summed E-state index contributed by atoms with van der Waals surface area (Å²) in [6.07, 6.45) is 4.64. The monoisotopic (exact) mass is 248 g/mol. The van der Waals surface area contributed by atoms with Crippen LogP contribution >= 0.6 is 0 Å². The Balaban J connectivity index is 1.88. The van der Waals surface area contributed by atoms with Crippen LogP contribution in [-0.4, -0.2) is 17.7 Å². The second kappa shape index (κ2) is 6.01. The summed E-state index contributed by atoms with van der Waals surface area (Å²) in [6.45, 7) is 0.826. The molecule has 1 aliphatic carbocycles. The normalized spacial score (nSPS) is 18.4. The summed E-state index contributed by atoms with van der Waals surface area (Å²) in [7, 11) is 0. The third-order valence-electron chi connectivity index (χ3n) is 3.75. The van der Waals surface area contributed by atoms with E-state index in [0.29, 0.717) is 13.2 Å². The fraction of sp³-hybridized carbons (Fsp3) is 0.533. The van der Waals surface area contributed by atoms with Gasteiger partial charge in [-0.3, -0.25) is 4.79 Å². The molecule has 0 heterocycles. The molecule has 1 aliphatic rings. The number of aliphatic carboxylic acids is 1. The maximum atomic E-state index is 11.4. The zero-order chi connectivity index (χ0) is 12.8. The van der Waals surface area contributed by atoms with E-state index in [0.717, 1.165) is 37.7 Å². The third kappa shape index (κ3) is 3.10. The minimum absolute atomic E-state index is 0.331. The van der Waals surface area contributed by atoms with Crippen molar-refractivity contribution in [1.82, 2.24) is 0 Å². The number of hydrogen-bond donors (Lipinski definition) is 1. The summed E-state index contributed by atoms with van der Waals surface area (Å²) in [6, 6.07) is 9.88. The molecule has 0 radical (unpaired) electrons. The second-order valence-electron chi connectivity index (χ2n) is 5.12. The van der Waals surface area contributed by atoms with Crippen LogP contribution in [0.5, 0.6) is 0 Å². The first-order valence-electron chi connectivity index (χ1n) is 6.58. The van der Waals surface area contributed by atoms with Crippen molar-refractivity contribution < 1.29 is 14.6 Å². The number of rotatable bonds is 5. The quantitative estimate of drug-likeness (QED) is 0.870. The van der Waals surface area contributed by atoms with Crippen molar-refractivity contribution in [1.29, 1.82) is 0 Å². The highest BCUT2D eigenvalue weighted by molar-refractivity contribution is 5.74. The Bertz CT molecular complexity index is 380. The summed E-state index contributed by atoms with van der Waals surface area (Å²) in [5.41, 5.74) is 0.446. The molecule has 0 bridgehead atoms. The fourth-order valence-electron chi connectivity index (χ4n) is 2.59. The fourth-order valence-corrected chi connectivity index (χ4v) is 2.59. The number of carboxylic acids is 1. The lowest BCUT2D eigenvalue weighted by molar-refractivity contribution is -0.156. The van der Waals surface area contributed by atoms with Crippen LogP contribution in [0.25, 0.3) is 0 Å². The van der Waals surface area contributed by atoms with E-state index in [2.05, 4.69) is 0 Å². The van der Waals surface area contributed by atoms with Gasteiger partial charge < -0.3 is 9.84 Å². The van der Waals surface area contributed by atoms with Gasteiger partial charge >= 0.3 is 5.97 Å². The van der Waals surface area contributed by atoms with Crippen molar-refractivity contribution in [3.8, 4) is 0 Å². The highest BCUT2D eigenvalue weighted by Gasteiger charge is 2.39. The van der Waals surface area contributed by atoms with Crippen molar-refractivity contribution >= 4 is 5.97 Å². The Morgan fingerprint density at radius 2 is 1.83 bits per heavy atom. The average molecular weight is 248 g/mol. The summed E-state index contributed by atoms with van der Waals surface area (Å²) in [4.78, 5) is 11.4. The van der Waals surface area contributed by atoms with Crippen LogP contribution in [0.3, 0.4) is 0 Å². The molecular weight excluding hydrogens is 228 g/mol. The molecule has 2 rings (SSSR count). The Morgan fingerprint density at radius 1 is 1.17 bits per heavy atom. The van der Waals surface area contributed by atoms with Gasteiger partial charge in [-0.2, -0.15) is 0 Å². The lowest BCUT2D eigenvalue weighted by atomic mass is 9.75. The molecule has 0 aliphatic heterocycles. The van der Waals surface area contributed by atoms with Crippen LogP contribution in [0, 0.1) is 5.41 Å². The first kappa shape index (κ1) is 13.1. The van der Waals surface area contributed by atoms with Gasteiger partial charge in [0.05, 0.1) is 18.6 Å². The van der Waals surface area contributed by atoms with Crippen LogP contribution in [0.15, 0.2) is 30.3 Å². The largest absolute Gasteiger partial charge is 0.481 e. The number of hydrogen-bond acceptors (Lipinski definition) is 2. The maximum Gasteiger partial charge on any atom is 0.311 e. The smallest absolute Gasteiger partial charge is 0.311 e. The van der Waals surface area contributed by atoms with Gasteiger partial charge in [-0.05, 0) is 18.4 Å². The zero-order valence-electron chi connectivity index (χ0n) is 10.6. The van der Waals surface area contributed by atoms with Gasteiger partial charge in [-0.1, -0.05) is 49.6 Å². The zero-order valence-corrected chi connectivity index (χ0v) is 10.6. The van der Waals surface area contributed by atoms with Crippen LogP contribution in [0.1, 0.15) is 37.7 Å². The van der Waals surface area contributed by atoms with Crippen molar-refractivity contribution in [2.24, 2.45) is 5.41 Å². The minimum Gasteiger partial charge on any atom is -0.481 e. The van der Waals surface area contributed by atoms with E-state index < -0.39 is 11.4 Å². The van der Waals surface area contributed by atoms with Gasteiger partial charge in [0.1, 0.15) is 0 Å². The van der Waals surface area contributed by atoms with Crippen molar-refractivity contribution in [2.75, 3.05) is 6.61 Å². The maximum absolute atomic E-state index is 11.4. The van der Waals surface area contributed by atoms with E-state index in [1.807, 2.05) is 30.3 Å². The SMILES string of the molecule is O=C(O)C1(COCc2ccccc2)CCCCC1. The minimum atomic E-state index is -0.699. The summed E-state index contributed by atoms with van der Waals surface area (Å²) >= 11 is 0. The van der Waals surface area contributed by atoms with E-state index in [1.165, 1.54) is 0 Å². The average Bonchev–Trinajstić information content (AvgIpc) is 2.41. The molecule has 0 atom stereocenters. The van der Waals surface area contributed by atoms with E-state index in [4.69, 9.17) is 4.74 Å². The molecule has 1 aromatic rings. The Morgan fingerprint density at radius 3 is 2.44 bits per heavy atom. The van der Waals surface area contributed by atoms with Crippen LogP contribution < -0.4 is 0 Å². The van der Waals surface area contributed by atoms with E-state index >= 15 is 0 Å². The van der Waals surface area contributed by atoms with Gasteiger partial charge in [0.2, 0.25) is 0 Å². The lowest BCUT2D eigenvalue weighted by Gasteiger charge is -2.32. The highest BCUT2D eigenvalue weighted by atomic mass is 16.5. The lowest BCUT2D eigenvalue weighted by Crippen LogP contribution is -2.37. The predicted octanol–water partition coefficient (Wildman–Crippen LogP) is 3.24. The molecular formula is C15H20O3. The number of carbonyl (C=O) groups is 1. The van der Waals surface area contributed by atoms with Crippen molar-refractivity contribution in [3.05, 3.63) is 35.9 Å². The topological polar surface area (TPSA) is 46.5 Å². The second-order valence-corrected chi connectivity index (χ2v) is 5.12. The van der Waals surface area contributed by atoms with Gasteiger partial charge in [-0.15, -0.1) is 0 Å². The first-order valence-corrected chi connectivity index (χ1v) is 6.58. The molecule has 0 unspecified atom stereocenters. The van der Waals surface area contributed by atoms with Gasteiger partial charge in [0.15, 0.2) is 0 Å². The van der Waals surface area contributed by atoms with Crippen LogP contribution in [0.2, 0.25) is 0 Å². The molecule has 0 saturated heterocycles.